The predicted molar refractivity (Wildman–Crippen MR) is 101 cm³/mol. The zero-order valence-corrected chi connectivity index (χ0v) is 15.6. The maximum absolute atomic E-state index is 9.70. The lowest BCUT2D eigenvalue weighted by Crippen LogP contribution is -2.36. The highest BCUT2D eigenvalue weighted by atomic mass is 15.4. The van der Waals surface area contributed by atoms with Crippen molar-refractivity contribution in [3.8, 4) is 12.1 Å². The molecule has 1 heterocycles. The summed E-state index contributed by atoms with van der Waals surface area (Å²) >= 11 is 0. The summed E-state index contributed by atoms with van der Waals surface area (Å²) < 4.78 is 0. The summed E-state index contributed by atoms with van der Waals surface area (Å²) in [5.41, 5.74) is 9.00. The molecule has 126 valence electrons. The third-order valence-electron chi connectivity index (χ3n) is 5.46. The summed E-state index contributed by atoms with van der Waals surface area (Å²) in [6.07, 6.45) is 0.0645. The Morgan fingerprint density at radius 3 is 2.00 bits per heavy atom. The van der Waals surface area contributed by atoms with E-state index in [1.54, 1.807) is 6.07 Å². The molecule has 0 amide bonds. The number of hydrogen-bond donors (Lipinski definition) is 0. The van der Waals surface area contributed by atoms with E-state index in [1.807, 2.05) is 13.1 Å². The van der Waals surface area contributed by atoms with Gasteiger partial charge in [0.1, 0.15) is 12.2 Å². The fourth-order valence-corrected chi connectivity index (χ4v) is 3.71. The van der Waals surface area contributed by atoms with E-state index in [9.17, 15) is 10.5 Å². The van der Waals surface area contributed by atoms with Crippen LogP contribution in [-0.2, 0) is 0 Å². The van der Waals surface area contributed by atoms with Gasteiger partial charge in [-0.05, 0) is 69.0 Å². The molecule has 4 nitrogen and oxygen atoms in total. The molecule has 0 spiro atoms. The van der Waals surface area contributed by atoms with Gasteiger partial charge in [0.05, 0.1) is 28.6 Å². The molecule has 3 rings (SSSR count). The van der Waals surface area contributed by atoms with Crippen molar-refractivity contribution in [2.24, 2.45) is 0 Å². The largest absolute Gasteiger partial charge is 0.352 e. The molecule has 1 aliphatic rings. The molecular formula is C21H22N4. The topological polar surface area (TPSA) is 54.1 Å². The molecule has 0 saturated carbocycles. The smallest absolute Gasteiger partial charge is 0.103 e. The second kappa shape index (κ2) is 5.83. The van der Waals surface area contributed by atoms with Crippen molar-refractivity contribution in [2.75, 3.05) is 16.8 Å². The highest BCUT2D eigenvalue weighted by Crippen LogP contribution is 2.48. The van der Waals surface area contributed by atoms with Crippen LogP contribution in [0.25, 0.3) is 0 Å². The molecule has 0 radical (unpaired) electrons. The standard InChI is InChI=1S/C21H22N4/c1-12-7-13(2)15(4)20(14(12)3)25-16(5)24(6)19-9-17(10-22)8-18(11-23)21(19)25/h7-9,16H,1-6H3/t16-/m0/s1. The summed E-state index contributed by atoms with van der Waals surface area (Å²) in [6.45, 7) is 10.7. The van der Waals surface area contributed by atoms with Crippen LogP contribution in [0, 0.1) is 50.4 Å². The van der Waals surface area contributed by atoms with Crippen molar-refractivity contribution in [1.82, 2.24) is 0 Å². The van der Waals surface area contributed by atoms with Gasteiger partial charge in [-0.1, -0.05) is 6.07 Å². The number of nitriles is 2. The van der Waals surface area contributed by atoms with Crippen LogP contribution in [0.3, 0.4) is 0 Å². The number of benzene rings is 2. The lowest BCUT2D eigenvalue weighted by Gasteiger charge is -2.32. The van der Waals surface area contributed by atoms with Gasteiger partial charge >= 0.3 is 0 Å². The summed E-state index contributed by atoms with van der Waals surface area (Å²) in [5, 5.41) is 19.0. The SMILES string of the molecule is Cc1cc(C)c(C)c(N2c3c(C#N)cc(C#N)cc3N(C)[C@@H]2C)c1C. The number of aryl methyl sites for hydroxylation is 2. The maximum Gasteiger partial charge on any atom is 0.103 e. The highest BCUT2D eigenvalue weighted by molar-refractivity contribution is 5.90. The Bertz CT molecular complexity index is 933. The van der Waals surface area contributed by atoms with E-state index in [0.717, 1.165) is 17.1 Å². The molecule has 2 aromatic carbocycles. The van der Waals surface area contributed by atoms with Gasteiger partial charge in [0.15, 0.2) is 0 Å². The Kier molecular flexibility index (Phi) is 3.93. The molecule has 2 aromatic rings. The Morgan fingerprint density at radius 2 is 1.48 bits per heavy atom. The third-order valence-corrected chi connectivity index (χ3v) is 5.46. The average molecular weight is 330 g/mol. The van der Waals surface area contributed by atoms with E-state index in [-0.39, 0.29) is 6.17 Å². The van der Waals surface area contributed by atoms with E-state index in [4.69, 9.17) is 0 Å². The molecule has 0 aliphatic carbocycles. The van der Waals surface area contributed by atoms with Crippen LogP contribution in [0.15, 0.2) is 18.2 Å². The van der Waals surface area contributed by atoms with Crippen LogP contribution in [0.4, 0.5) is 17.1 Å². The van der Waals surface area contributed by atoms with Crippen molar-refractivity contribution < 1.29 is 0 Å². The van der Waals surface area contributed by atoms with Crippen LogP contribution in [0.5, 0.6) is 0 Å². The Balaban J connectivity index is 2.37. The second-order valence-electron chi connectivity index (χ2n) is 6.84. The van der Waals surface area contributed by atoms with E-state index < -0.39 is 0 Å². The summed E-state index contributed by atoms with van der Waals surface area (Å²) in [5.74, 6) is 0. The Labute approximate surface area is 149 Å². The van der Waals surface area contributed by atoms with Crippen molar-refractivity contribution in [2.45, 2.75) is 40.8 Å². The van der Waals surface area contributed by atoms with E-state index in [1.165, 1.54) is 22.3 Å². The van der Waals surface area contributed by atoms with Crippen LogP contribution < -0.4 is 9.80 Å². The Morgan fingerprint density at radius 1 is 0.880 bits per heavy atom. The Hall–Kier alpha value is -2.98. The van der Waals surface area contributed by atoms with Crippen molar-refractivity contribution in [1.29, 1.82) is 10.5 Å². The number of hydrogen-bond acceptors (Lipinski definition) is 4. The molecular weight excluding hydrogens is 308 g/mol. The van der Waals surface area contributed by atoms with Crippen LogP contribution in [-0.4, -0.2) is 13.2 Å². The normalized spacial score (nSPS) is 15.8. The predicted octanol–water partition coefficient (Wildman–Crippen LogP) is 4.60. The number of rotatable bonds is 1. The van der Waals surface area contributed by atoms with E-state index in [0.29, 0.717) is 11.1 Å². The van der Waals surface area contributed by atoms with Gasteiger partial charge in [0, 0.05) is 12.7 Å². The second-order valence-corrected chi connectivity index (χ2v) is 6.84. The minimum Gasteiger partial charge on any atom is -0.352 e. The first-order chi connectivity index (χ1) is 11.8. The van der Waals surface area contributed by atoms with Crippen LogP contribution >= 0.6 is 0 Å². The summed E-state index contributed by atoms with van der Waals surface area (Å²) in [4.78, 5) is 4.38. The third kappa shape index (κ3) is 2.34. The molecule has 0 N–H and O–H groups in total. The van der Waals surface area contributed by atoms with Gasteiger partial charge in [0.25, 0.3) is 0 Å². The van der Waals surface area contributed by atoms with Gasteiger partial charge in [-0.2, -0.15) is 10.5 Å². The van der Waals surface area contributed by atoms with Crippen LogP contribution in [0.1, 0.15) is 40.3 Å². The maximum atomic E-state index is 9.70. The monoisotopic (exact) mass is 330 g/mol. The number of anilines is 3. The first-order valence-electron chi connectivity index (χ1n) is 8.39. The minimum atomic E-state index is 0.0645. The quantitative estimate of drug-likeness (QED) is 0.767. The van der Waals surface area contributed by atoms with Crippen LogP contribution in [0.2, 0.25) is 0 Å². The van der Waals surface area contributed by atoms with Crippen molar-refractivity contribution in [3.63, 3.8) is 0 Å². The highest BCUT2D eigenvalue weighted by Gasteiger charge is 2.36. The molecule has 25 heavy (non-hydrogen) atoms. The van der Waals surface area contributed by atoms with Crippen molar-refractivity contribution in [3.05, 3.63) is 51.6 Å². The van der Waals surface area contributed by atoms with Gasteiger partial charge in [-0.15, -0.1) is 0 Å². The fourth-order valence-electron chi connectivity index (χ4n) is 3.71. The van der Waals surface area contributed by atoms with Gasteiger partial charge < -0.3 is 9.80 Å². The summed E-state index contributed by atoms with van der Waals surface area (Å²) in [7, 11) is 2.01. The molecule has 0 aromatic heterocycles. The fraction of sp³-hybridized carbons (Fsp3) is 0.333. The zero-order chi connectivity index (χ0) is 18.5. The molecule has 1 aliphatic heterocycles. The van der Waals surface area contributed by atoms with Gasteiger partial charge in [0.2, 0.25) is 0 Å². The molecule has 1 atom stereocenters. The average Bonchev–Trinajstić information content (AvgIpc) is 2.84. The number of nitrogens with zero attached hydrogens (tertiary/aromatic N) is 4. The molecule has 4 heteroatoms. The van der Waals surface area contributed by atoms with E-state index in [2.05, 4.69) is 62.6 Å². The van der Waals surface area contributed by atoms with Crippen molar-refractivity contribution >= 4 is 17.1 Å². The van der Waals surface area contributed by atoms with E-state index >= 15 is 0 Å². The van der Waals surface area contributed by atoms with Gasteiger partial charge in [-0.3, -0.25) is 0 Å². The molecule has 0 bridgehead atoms. The lowest BCUT2D eigenvalue weighted by atomic mass is 9.96. The zero-order valence-electron chi connectivity index (χ0n) is 15.6. The minimum absolute atomic E-state index is 0.0645. The molecule has 0 unspecified atom stereocenters. The first kappa shape index (κ1) is 16.9. The summed E-state index contributed by atoms with van der Waals surface area (Å²) in [6, 6.07) is 10.2. The van der Waals surface area contributed by atoms with Gasteiger partial charge in [-0.25, -0.2) is 0 Å². The first-order valence-corrected chi connectivity index (χ1v) is 8.39. The number of fused-ring (bicyclic) bond motifs is 1. The molecule has 0 fully saturated rings. The molecule has 0 saturated heterocycles. The lowest BCUT2D eigenvalue weighted by molar-refractivity contribution is 0.730.